The summed E-state index contributed by atoms with van der Waals surface area (Å²) in [6, 6.07) is 16.1. The summed E-state index contributed by atoms with van der Waals surface area (Å²) >= 11 is 0. The van der Waals surface area contributed by atoms with E-state index >= 15 is 0 Å². The predicted molar refractivity (Wildman–Crippen MR) is 109 cm³/mol. The lowest BCUT2D eigenvalue weighted by molar-refractivity contribution is 0.0602. The van der Waals surface area contributed by atoms with Crippen LogP contribution in [0.2, 0.25) is 0 Å². The number of anilines is 3. The molecule has 2 aromatic carbocycles. The molecule has 0 spiro atoms. The third-order valence-electron chi connectivity index (χ3n) is 4.46. The zero-order chi connectivity index (χ0) is 20.1. The number of carbonyl (C=O) groups is 2. The van der Waals surface area contributed by atoms with Crippen LogP contribution in [0.25, 0.3) is 0 Å². The van der Waals surface area contributed by atoms with E-state index in [2.05, 4.69) is 28.6 Å². The summed E-state index contributed by atoms with van der Waals surface area (Å²) in [7, 11) is 1.30. The third kappa shape index (κ3) is 4.17. The van der Waals surface area contributed by atoms with Gasteiger partial charge in [-0.3, -0.25) is 4.79 Å². The highest BCUT2D eigenvalue weighted by Crippen LogP contribution is 2.23. The molecule has 3 rings (SSSR count). The number of hydrogen-bond acceptors (Lipinski definition) is 5. The minimum absolute atomic E-state index is 0.242. The van der Waals surface area contributed by atoms with Crippen LogP contribution < -0.4 is 10.6 Å². The number of amides is 1. The molecule has 0 aliphatic heterocycles. The lowest BCUT2D eigenvalue weighted by Gasteiger charge is -2.12. The maximum absolute atomic E-state index is 12.5. The first-order valence-corrected chi connectivity index (χ1v) is 8.77. The number of para-hydroxylation sites is 1. The highest BCUT2D eigenvalue weighted by molar-refractivity contribution is 6.07. The Labute approximate surface area is 163 Å². The SMILES string of the molecule is COC(=O)c1ccccc1NC(=O)c1ccc(Nc2cccc(C)c2C)cn1. The number of aryl methyl sites for hydroxylation is 1. The van der Waals surface area contributed by atoms with Crippen LogP contribution in [0, 0.1) is 13.8 Å². The van der Waals surface area contributed by atoms with Gasteiger partial charge in [0.25, 0.3) is 5.91 Å². The molecule has 0 aliphatic carbocycles. The van der Waals surface area contributed by atoms with E-state index in [1.165, 1.54) is 12.7 Å². The van der Waals surface area contributed by atoms with Crippen LogP contribution in [-0.2, 0) is 4.74 Å². The number of nitrogens with one attached hydrogen (secondary N) is 2. The van der Waals surface area contributed by atoms with Gasteiger partial charge in [-0.2, -0.15) is 0 Å². The topological polar surface area (TPSA) is 80.3 Å². The molecule has 0 fully saturated rings. The van der Waals surface area contributed by atoms with Gasteiger partial charge < -0.3 is 15.4 Å². The van der Waals surface area contributed by atoms with Crippen molar-refractivity contribution in [2.24, 2.45) is 0 Å². The molecule has 3 aromatic rings. The highest BCUT2D eigenvalue weighted by atomic mass is 16.5. The van der Waals surface area contributed by atoms with Crippen molar-refractivity contribution < 1.29 is 14.3 Å². The largest absolute Gasteiger partial charge is 0.465 e. The second-order valence-corrected chi connectivity index (χ2v) is 6.30. The Bertz CT molecular complexity index is 1010. The Kier molecular flexibility index (Phi) is 5.69. The van der Waals surface area contributed by atoms with Crippen molar-refractivity contribution in [1.82, 2.24) is 4.98 Å². The number of nitrogens with zero attached hydrogens (tertiary/aromatic N) is 1. The van der Waals surface area contributed by atoms with Crippen LogP contribution in [-0.4, -0.2) is 24.0 Å². The number of hydrogen-bond donors (Lipinski definition) is 2. The van der Waals surface area contributed by atoms with Crippen LogP contribution in [0.3, 0.4) is 0 Å². The van der Waals surface area contributed by atoms with Crippen LogP contribution >= 0.6 is 0 Å². The maximum Gasteiger partial charge on any atom is 0.339 e. The number of aromatic nitrogens is 1. The fraction of sp³-hybridized carbons (Fsp3) is 0.136. The van der Waals surface area contributed by atoms with Crippen molar-refractivity contribution in [2.75, 3.05) is 17.7 Å². The molecule has 0 aliphatic rings. The van der Waals surface area contributed by atoms with Gasteiger partial charge in [0.05, 0.1) is 30.2 Å². The highest BCUT2D eigenvalue weighted by Gasteiger charge is 2.15. The van der Waals surface area contributed by atoms with Gasteiger partial charge in [-0.15, -0.1) is 0 Å². The standard InChI is InChI=1S/C22H21N3O3/c1-14-7-6-10-18(15(14)2)24-16-11-12-20(23-13-16)21(26)25-19-9-5-4-8-17(19)22(27)28-3/h4-13,24H,1-3H3,(H,25,26). The van der Waals surface area contributed by atoms with E-state index in [-0.39, 0.29) is 11.3 Å². The van der Waals surface area contributed by atoms with Gasteiger partial charge >= 0.3 is 5.97 Å². The van der Waals surface area contributed by atoms with Crippen molar-refractivity contribution in [1.29, 1.82) is 0 Å². The summed E-state index contributed by atoms with van der Waals surface area (Å²) in [5, 5.41) is 6.01. The molecular weight excluding hydrogens is 354 g/mol. The summed E-state index contributed by atoms with van der Waals surface area (Å²) in [6.07, 6.45) is 1.60. The predicted octanol–water partition coefficient (Wildman–Crippen LogP) is 4.48. The van der Waals surface area contributed by atoms with Crippen LogP contribution in [0.4, 0.5) is 17.1 Å². The van der Waals surface area contributed by atoms with E-state index in [1.54, 1.807) is 42.6 Å². The van der Waals surface area contributed by atoms with Gasteiger partial charge in [0.2, 0.25) is 0 Å². The first kappa shape index (κ1) is 19.1. The molecule has 0 saturated carbocycles. The van der Waals surface area contributed by atoms with E-state index < -0.39 is 11.9 Å². The zero-order valence-corrected chi connectivity index (χ0v) is 15.9. The number of ether oxygens (including phenoxy) is 1. The molecule has 0 saturated heterocycles. The second kappa shape index (κ2) is 8.35. The average molecular weight is 375 g/mol. The summed E-state index contributed by atoms with van der Waals surface area (Å²) in [5.74, 6) is -0.924. The zero-order valence-electron chi connectivity index (χ0n) is 15.9. The van der Waals surface area contributed by atoms with Crippen LogP contribution in [0.1, 0.15) is 32.0 Å². The molecule has 6 nitrogen and oxygen atoms in total. The van der Waals surface area contributed by atoms with Gasteiger partial charge in [-0.1, -0.05) is 24.3 Å². The molecule has 28 heavy (non-hydrogen) atoms. The minimum Gasteiger partial charge on any atom is -0.465 e. The van der Waals surface area contributed by atoms with E-state index in [9.17, 15) is 9.59 Å². The number of carbonyl (C=O) groups excluding carboxylic acids is 2. The summed E-state index contributed by atoms with van der Waals surface area (Å²) in [6.45, 7) is 4.10. The fourth-order valence-corrected chi connectivity index (χ4v) is 2.71. The van der Waals surface area contributed by atoms with Crippen molar-refractivity contribution in [3.8, 4) is 0 Å². The van der Waals surface area contributed by atoms with Crippen molar-refractivity contribution in [3.05, 3.63) is 83.2 Å². The number of pyridine rings is 1. The second-order valence-electron chi connectivity index (χ2n) is 6.30. The number of benzene rings is 2. The quantitative estimate of drug-likeness (QED) is 0.643. The Morgan fingerprint density at radius 1 is 0.929 bits per heavy atom. The third-order valence-corrected chi connectivity index (χ3v) is 4.46. The van der Waals surface area contributed by atoms with Crippen LogP contribution in [0.15, 0.2) is 60.8 Å². The summed E-state index contributed by atoms with van der Waals surface area (Å²) in [4.78, 5) is 28.6. The Morgan fingerprint density at radius 3 is 2.39 bits per heavy atom. The lowest BCUT2D eigenvalue weighted by atomic mass is 10.1. The number of rotatable bonds is 5. The smallest absolute Gasteiger partial charge is 0.339 e. The molecule has 0 radical (unpaired) electrons. The molecule has 1 heterocycles. The Morgan fingerprint density at radius 2 is 1.68 bits per heavy atom. The van der Waals surface area contributed by atoms with Crippen molar-refractivity contribution in [2.45, 2.75) is 13.8 Å². The molecular formula is C22H21N3O3. The Balaban J connectivity index is 1.74. The molecule has 0 bridgehead atoms. The van der Waals surface area contributed by atoms with Gasteiger partial charge in [0, 0.05) is 5.69 Å². The monoisotopic (exact) mass is 375 g/mol. The van der Waals surface area contributed by atoms with E-state index in [0.29, 0.717) is 5.69 Å². The minimum atomic E-state index is -0.517. The molecule has 2 N–H and O–H groups in total. The summed E-state index contributed by atoms with van der Waals surface area (Å²) in [5.41, 5.74) is 5.02. The molecule has 6 heteroatoms. The summed E-state index contributed by atoms with van der Waals surface area (Å²) < 4.78 is 4.74. The van der Waals surface area contributed by atoms with Crippen molar-refractivity contribution >= 4 is 28.9 Å². The van der Waals surface area contributed by atoms with Crippen molar-refractivity contribution in [3.63, 3.8) is 0 Å². The van der Waals surface area contributed by atoms with Gasteiger partial charge in [0.1, 0.15) is 5.69 Å². The van der Waals surface area contributed by atoms with Crippen LogP contribution in [0.5, 0.6) is 0 Å². The van der Waals surface area contributed by atoms with Gasteiger partial charge in [0.15, 0.2) is 0 Å². The fourth-order valence-electron chi connectivity index (χ4n) is 2.71. The normalized spacial score (nSPS) is 10.2. The first-order chi connectivity index (χ1) is 13.5. The molecule has 1 amide bonds. The lowest BCUT2D eigenvalue weighted by Crippen LogP contribution is -2.16. The van der Waals surface area contributed by atoms with E-state index in [0.717, 1.165) is 16.9 Å². The first-order valence-electron chi connectivity index (χ1n) is 8.77. The van der Waals surface area contributed by atoms with E-state index in [1.807, 2.05) is 19.1 Å². The molecule has 0 atom stereocenters. The van der Waals surface area contributed by atoms with Gasteiger partial charge in [-0.05, 0) is 55.3 Å². The van der Waals surface area contributed by atoms with Gasteiger partial charge in [-0.25, -0.2) is 9.78 Å². The van der Waals surface area contributed by atoms with E-state index in [4.69, 9.17) is 4.74 Å². The molecule has 142 valence electrons. The Hall–Kier alpha value is -3.67. The number of esters is 1. The maximum atomic E-state index is 12.5. The molecule has 1 aromatic heterocycles. The number of methoxy groups -OCH3 is 1. The average Bonchev–Trinajstić information content (AvgIpc) is 2.71. The molecule has 0 unspecified atom stereocenters.